The number of pyridine rings is 1. The number of amides is 1. The van der Waals surface area contributed by atoms with Crippen LogP contribution in [0.15, 0.2) is 48.8 Å². The molecule has 27 heavy (non-hydrogen) atoms. The molecule has 0 N–H and O–H groups in total. The Hall–Kier alpha value is -2.31. The average Bonchev–Trinajstić information content (AvgIpc) is 3.17. The zero-order valence-corrected chi connectivity index (χ0v) is 15.7. The van der Waals surface area contributed by atoms with Gasteiger partial charge in [0.15, 0.2) is 0 Å². The Morgan fingerprint density at radius 2 is 1.85 bits per heavy atom. The van der Waals surface area contributed by atoms with Crippen molar-refractivity contribution in [1.82, 2.24) is 14.8 Å². The van der Waals surface area contributed by atoms with Gasteiger partial charge in [-0.25, -0.2) is 4.39 Å². The molecule has 0 bridgehead atoms. The van der Waals surface area contributed by atoms with Crippen LogP contribution in [0.4, 0.5) is 4.39 Å². The third-order valence-corrected chi connectivity index (χ3v) is 4.69. The predicted octanol–water partition coefficient (Wildman–Crippen LogP) is 2.86. The molecule has 0 unspecified atom stereocenters. The average molecular weight is 371 g/mol. The SMILES string of the molecule is CN(CC(=O)N(Cc1ccncc1)C[C@@H]1CCCO1)Cc1ccc(F)cc1. The predicted molar refractivity (Wildman–Crippen MR) is 101 cm³/mol. The van der Waals surface area contributed by atoms with Gasteiger partial charge in [-0.3, -0.25) is 14.7 Å². The molecule has 0 radical (unpaired) electrons. The number of hydrogen-bond donors (Lipinski definition) is 0. The van der Waals surface area contributed by atoms with E-state index in [-0.39, 0.29) is 17.8 Å². The molecule has 1 aliphatic rings. The Morgan fingerprint density at radius 1 is 1.15 bits per heavy atom. The van der Waals surface area contributed by atoms with Gasteiger partial charge in [0, 0.05) is 38.6 Å². The summed E-state index contributed by atoms with van der Waals surface area (Å²) in [5, 5.41) is 0. The molecule has 3 rings (SSSR count). The van der Waals surface area contributed by atoms with E-state index in [0.717, 1.165) is 30.6 Å². The van der Waals surface area contributed by atoms with Crippen LogP contribution in [0.3, 0.4) is 0 Å². The van der Waals surface area contributed by atoms with Crippen LogP contribution in [0.2, 0.25) is 0 Å². The van der Waals surface area contributed by atoms with Crippen molar-refractivity contribution >= 4 is 5.91 Å². The minimum atomic E-state index is -0.252. The maximum absolute atomic E-state index is 13.1. The molecule has 5 nitrogen and oxygen atoms in total. The number of hydrogen-bond acceptors (Lipinski definition) is 4. The molecule has 0 spiro atoms. The first-order valence-corrected chi connectivity index (χ1v) is 9.31. The smallest absolute Gasteiger partial charge is 0.237 e. The second-order valence-corrected chi connectivity index (χ2v) is 7.06. The topological polar surface area (TPSA) is 45.7 Å². The summed E-state index contributed by atoms with van der Waals surface area (Å²) in [4.78, 5) is 20.8. The number of likely N-dealkylation sites (N-methyl/N-ethyl adjacent to an activating group) is 1. The molecule has 1 fully saturated rings. The van der Waals surface area contributed by atoms with Gasteiger partial charge in [-0.05, 0) is 55.3 Å². The van der Waals surface area contributed by atoms with Crippen molar-refractivity contribution in [2.45, 2.75) is 32.0 Å². The summed E-state index contributed by atoms with van der Waals surface area (Å²) in [5.41, 5.74) is 2.03. The number of aromatic nitrogens is 1. The molecule has 0 saturated carbocycles. The normalized spacial score (nSPS) is 16.6. The van der Waals surface area contributed by atoms with Crippen molar-refractivity contribution < 1.29 is 13.9 Å². The molecule has 0 aliphatic carbocycles. The quantitative estimate of drug-likeness (QED) is 0.716. The fourth-order valence-electron chi connectivity index (χ4n) is 3.29. The van der Waals surface area contributed by atoms with Crippen LogP contribution >= 0.6 is 0 Å². The summed E-state index contributed by atoms with van der Waals surface area (Å²) in [6.07, 6.45) is 5.63. The van der Waals surface area contributed by atoms with Crippen molar-refractivity contribution in [1.29, 1.82) is 0 Å². The lowest BCUT2D eigenvalue weighted by Crippen LogP contribution is -2.42. The summed E-state index contributed by atoms with van der Waals surface area (Å²) < 4.78 is 18.8. The lowest BCUT2D eigenvalue weighted by molar-refractivity contribution is -0.134. The number of halogens is 1. The standard InChI is InChI=1S/C21H26FN3O2/c1-24(13-17-4-6-19(22)7-5-17)16-21(26)25(15-20-3-2-12-27-20)14-18-8-10-23-11-9-18/h4-11,20H,2-3,12-16H2,1H3/t20-/m0/s1. The number of nitrogens with zero attached hydrogens (tertiary/aromatic N) is 3. The Morgan fingerprint density at radius 3 is 2.52 bits per heavy atom. The largest absolute Gasteiger partial charge is 0.376 e. The third kappa shape index (κ3) is 6.12. The number of carbonyl (C=O) groups excluding carboxylic acids is 1. The molecule has 144 valence electrons. The fraction of sp³-hybridized carbons (Fsp3) is 0.429. The van der Waals surface area contributed by atoms with Crippen LogP contribution in [-0.4, -0.2) is 53.5 Å². The Kier molecular flexibility index (Phi) is 6.90. The minimum absolute atomic E-state index is 0.0620. The van der Waals surface area contributed by atoms with E-state index < -0.39 is 0 Å². The first-order chi connectivity index (χ1) is 13.1. The van der Waals surface area contributed by atoms with Gasteiger partial charge in [-0.15, -0.1) is 0 Å². The van der Waals surface area contributed by atoms with Gasteiger partial charge in [0.1, 0.15) is 5.82 Å². The summed E-state index contributed by atoms with van der Waals surface area (Å²) in [7, 11) is 1.90. The number of carbonyl (C=O) groups is 1. The lowest BCUT2D eigenvalue weighted by atomic mass is 10.2. The van der Waals surface area contributed by atoms with Gasteiger partial charge in [0.25, 0.3) is 0 Å². The van der Waals surface area contributed by atoms with Gasteiger partial charge < -0.3 is 9.64 Å². The van der Waals surface area contributed by atoms with Gasteiger partial charge in [-0.2, -0.15) is 0 Å². The number of rotatable bonds is 8. The lowest BCUT2D eigenvalue weighted by Gasteiger charge is -2.28. The molecular weight excluding hydrogens is 345 g/mol. The van der Waals surface area contributed by atoms with Crippen LogP contribution in [-0.2, 0) is 22.6 Å². The minimum Gasteiger partial charge on any atom is -0.376 e. The molecule has 2 heterocycles. The number of ether oxygens (including phenoxy) is 1. The van der Waals surface area contributed by atoms with Crippen molar-refractivity contribution in [3.63, 3.8) is 0 Å². The van der Waals surface area contributed by atoms with E-state index >= 15 is 0 Å². The van der Waals surface area contributed by atoms with Gasteiger partial charge >= 0.3 is 0 Å². The maximum Gasteiger partial charge on any atom is 0.237 e. The zero-order chi connectivity index (χ0) is 19.1. The van der Waals surface area contributed by atoms with E-state index in [2.05, 4.69) is 4.98 Å². The van der Waals surface area contributed by atoms with E-state index in [9.17, 15) is 9.18 Å². The molecule has 6 heteroatoms. The highest BCUT2D eigenvalue weighted by molar-refractivity contribution is 5.78. The number of benzene rings is 1. The first kappa shape index (κ1) is 19.5. The highest BCUT2D eigenvalue weighted by atomic mass is 19.1. The van der Waals surface area contributed by atoms with Crippen molar-refractivity contribution in [2.24, 2.45) is 0 Å². The van der Waals surface area contributed by atoms with Crippen LogP contribution in [0, 0.1) is 5.82 Å². The van der Waals surface area contributed by atoms with Crippen LogP contribution in [0.25, 0.3) is 0 Å². The third-order valence-electron chi connectivity index (χ3n) is 4.69. The van der Waals surface area contributed by atoms with E-state index in [4.69, 9.17) is 4.74 Å². The zero-order valence-electron chi connectivity index (χ0n) is 15.7. The second kappa shape index (κ2) is 9.58. The molecule has 1 atom stereocenters. The molecule has 2 aromatic rings. The maximum atomic E-state index is 13.1. The van der Waals surface area contributed by atoms with E-state index in [0.29, 0.717) is 26.2 Å². The molecule has 1 aliphatic heterocycles. The molecule has 1 amide bonds. The summed E-state index contributed by atoms with van der Waals surface area (Å²) in [6.45, 7) is 2.81. The van der Waals surface area contributed by atoms with Gasteiger partial charge in [0.05, 0.1) is 12.6 Å². The van der Waals surface area contributed by atoms with Crippen molar-refractivity contribution in [3.8, 4) is 0 Å². The van der Waals surface area contributed by atoms with E-state index in [1.54, 1.807) is 24.5 Å². The summed E-state index contributed by atoms with van der Waals surface area (Å²) >= 11 is 0. The molecular formula is C21H26FN3O2. The Balaban J connectivity index is 1.61. The monoisotopic (exact) mass is 371 g/mol. The Labute approximate surface area is 159 Å². The fourth-order valence-corrected chi connectivity index (χ4v) is 3.29. The summed E-state index contributed by atoms with van der Waals surface area (Å²) in [5.74, 6) is -0.190. The first-order valence-electron chi connectivity index (χ1n) is 9.31. The second-order valence-electron chi connectivity index (χ2n) is 7.06. The Bertz CT molecular complexity index is 718. The van der Waals surface area contributed by atoms with Gasteiger partial charge in [-0.1, -0.05) is 12.1 Å². The highest BCUT2D eigenvalue weighted by Gasteiger charge is 2.23. The van der Waals surface area contributed by atoms with Crippen molar-refractivity contribution in [3.05, 3.63) is 65.7 Å². The molecule has 1 saturated heterocycles. The molecule has 1 aromatic carbocycles. The van der Waals surface area contributed by atoms with Crippen LogP contribution < -0.4 is 0 Å². The van der Waals surface area contributed by atoms with E-state index in [1.807, 2.05) is 29.0 Å². The van der Waals surface area contributed by atoms with E-state index in [1.165, 1.54) is 12.1 Å². The van der Waals surface area contributed by atoms with Crippen LogP contribution in [0.5, 0.6) is 0 Å². The van der Waals surface area contributed by atoms with Crippen molar-refractivity contribution in [2.75, 3.05) is 26.7 Å². The summed E-state index contributed by atoms with van der Waals surface area (Å²) in [6, 6.07) is 10.2. The molecule has 1 aromatic heterocycles. The van der Waals surface area contributed by atoms with Gasteiger partial charge in [0.2, 0.25) is 5.91 Å². The van der Waals surface area contributed by atoms with Crippen LogP contribution in [0.1, 0.15) is 24.0 Å². The highest BCUT2D eigenvalue weighted by Crippen LogP contribution is 2.16.